The number of benzene rings is 3. The van der Waals surface area contributed by atoms with Gasteiger partial charge in [0.2, 0.25) is 5.91 Å². The van der Waals surface area contributed by atoms with Crippen molar-refractivity contribution in [2.75, 3.05) is 14.2 Å². The zero-order valence-corrected chi connectivity index (χ0v) is 17.9. The second-order valence-electron chi connectivity index (χ2n) is 7.35. The summed E-state index contributed by atoms with van der Waals surface area (Å²) in [4.78, 5) is 29.1. The van der Waals surface area contributed by atoms with Crippen molar-refractivity contribution >= 4 is 16.8 Å². The molecule has 0 spiro atoms. The number of hydrogen-bond acceptors (Lipinski definition) is 5. The van der Waals surface area contributed by atoms with E-state index in [1.54, 1.807) is 55.4 Å². The summed E-state index contributed by atoms with van der Waals surface area (Å²) in [5.41, 5.74) is 8.85. The Bertz CT molecular complexity index is 1360. The Balaban J connectivity index is 1.68. The molecule has 1 aromatic heterocycles. The number of fused-ring (bicyclic) bond motifs is 1. The van der Waals surface area contributed by atoms with E-state index in [1.807, 2.05) is 30.3 Å². The third kappa shape index (κ3) is 4.18. The van der Waals surface area contributed by atoms with Crippen LogP contribution >= 0.6 is 0 Å². The zero-order chi connectivity index (χ0) is 22.7. The van der Waals surface area contributed by atoms with Crippen molar-refractivity contribution in [2.24, 2.45) is 5.73 Å². The molecule has 7 nitrogen and oxygen atoms in total. The highest BCUT2D eigenvalue weighted by Gasteiger charge is 2.10. The maximum atomic E-state index is 13.2. The molecule has 2 N–H and O–H groups in total. The van der Waals surface area contributed by atoms with Gasteiger partial charge in [0.1, 0.15) is 11.5 Å². The molecule has 3 aromatic carbocycles. The van der Waals surface area contributed by atoms with Crippen LogP contribution in [0, 0.1) is 0 Å². The number of nitrogens with two attached hydrogens (primary N) is 1. The summed E-state index contributed by atoms with van der Waals surface area (Å²) in [7, 11) is 3.23. The number of rotatable bonds is 7. The highest BCUT2D eigenvalue weighted by atomic mass is 16.5. The highest BCUT2D eigenvalue weighted by Crippen LogP contribution is 2.25. The molecule has 1 heterocycles. The SMILES string of the molecule is COc1ccc(OC)c(CCn2cnc3ccc(-c4cccc(C(N)=O)c4)cc3c2=O)c1. The third-order valence-corrected chi connectivity index (χ3v) is 5.41. The standard InChI is InChI=1S/C25H23N3O4/c1-31-20-7-9-23(32-2)18(13-20)10-11-28-15-27-22-8-6-17(14-21(22)25(28)30)16-4-3-5-19(12-16)24(26)29/h3-9,12-15H,10-11H2,1-2H3,(H2,26,29). The van der Waals surface area contributed by atoms with Crippen LogP contribution in [0.4, 0.5) is 0 Å². The fourth-order valence-corrected chi connectivity index (χ4v) is 3.67. The summed E-state index contributed by atoms with van der Waals surface area (Å²) in [6.07, 6.45) is 2.14. The first-order chi connectivity index (χ1) is 15.5. The fourth-order valence-electron chi connectivity index (χ4n) is 3.67. The second kappa shape index (κ2) is 8.93. The lowest BCUT2D eigenvalue weighted by Gasteiger charge is -2.12. The van der Waals surface area contributed by atoms with E-state index in [0.717, 1.165) is 28.2 Å². The Morgan fingerprint density at radius 3 is 2.56 bits per heavy atom. The van der Waals surface area contributed by atoms with Crippen molar-refractivity contribution in [3.63, 3.8) is 0 Å². The van der Waals surface area contributed by atoms with E-state index in [1.165, 1.54) is 0 Å². The molecule has 0 saturated carbocycles. The van der Waals surface area contributed by atoms with Gasteiger partial charge < -0.3 is 15.2 Å². The second-order valence-corrected chi connectivity index (χ2v) is 7.35. The molecule has 0 fully saturated rings. The van der Waals surface area contributed by atoms with E-state index in [2.05, 4.69) is 4.98 Å². The van der Waals surface area contributed by atoms with Crippen molar-refractivity contribution in [2.45, 2.75) is 13.0 Å². The van der Waals surface area contributed by atoms with Gasteiger partial charge in [0, 0.05) is 12.1 Å². The molecule has 162 valence electrons. The predicted octanol–water partition coefficient (Wildman–Crippen LogP) is 3.42. The number of hydrogen-bond donors (Lipinski definition) is 1. The van der Waals surface area contributed by atoms with Crippen molar-refractivity contribution in [1.29, 1.82) is 0 Å². The van der Waals surface area contributed by atoms with Crippen LogP contribution in [-0.4, -0.2) is 29.7 Å². The van der Waals surface area contributed by atoms with Gasteiger partial charge in [-0.3, -0.25) is 14.2 Å². The minimum Gasteiger partial charge on any atom is -0.497 e. The first-order valence-electron chi connectivity index (χ1n) is 10.1. The number of amides is 1. The Morgan fingerprint density at radius 2 is 1.81 bits per heavy atom. The number of carbonyl (C=O) groups excluding carboxylic acids is 1. The molecule has 0 aliphatic carbocycles. The number of aryl methyl sites for hydroxylation is 2. The van der Waals surface area contributed by atoms with Gasteiger partial charge in [0.15, 0.2) is 0 Å². The van der Waals surface area contributed by atoms with Gasteiger partial charge in [0.05, 0.1) is 31.4 Å². The van der Waals surface area contributed by atoms with Gasteiger partial charge in [-0.1, -0.05) is 18.2 Å². The molecule has 0 bridgehead atoms. The van der Waals surface area contributed by atoms with E-state index >= 15 is 0 Å². The Hall–Kier alpha value is -4.13. The Morgan fingerprint density at radius 1 is 1.00 bits per heavy atom. The van der Waals surface area contributed by atoms with Gasteiger partial charge in [-0.05, 0) is 65.6 Å². The van der Waals surface area contributed by atoms with Crippen LogP contribution in [0.1, 0.15) is 15.9 Å². The van der Waals surface area contributed by atoms with Crippen molar-refractivity contribution in [3.8, 4) is 22.6 Å². The quantitative estimate of drug-likeness (QED) is 0.486. The van der Waals surface area contributed by atoms with Crippen LogP contribution in [0.3, 0.4) is 0 Å². The first-order valence-corrected chi connectivity index (χ1v) is 10.1. The van der Waals surface area contributed by atoms with E-state index in [9.17, 15) is 9.59 Å². The largest absolute Gasteiger partial charge is 0.497 e. The van der Waals surface area contributed by atoms with E-state index in [0.29, 0.717) is 29.4 Å². The molecule has 0 aliphatic rings. The number of methoxy groups -OCH3 is 2. The molecule has 0 atom stereocenters. The lowest BCUT2D eigenvalue weighted by atomic mass is 10.0. The van der Waals surface area contributed by atoms with Crippen LogP contribution in [0.2, 0.25) is 0 Å². The molecular weight excluding hydrogens is 406 g/mol. The predicted molar refractivity (Wildman–Crippen MR) is 123 cm³/mol. The van der Waals surface area contributed by atoms with Crippen molar-refractivity contribution < 1.29 is 14.3 Å². The summed E-state index contributed by atoms with van der Waals surface area (Å²) in [5, 5.41) is 0.507. The Kier molecular flexibility index (Phi) is 5.89. The number of ether oxygens (including phenoxy) is 2. The smallest absolute Gasteiger partial charge is 0.261 e. The van der Waals surface area contributed by atoms with Crippen LogP contribution in [-0.2, 0) is 13.0 Å². The maximum absolute atomic E-state index is 13.2. The van der Waals surface area contributed by atoms with Crippen LogP contribution in [0.25, 0.3) is 22.0 Å². The molecule has 0 unspecified atom stereocenters. The number of primary amides is 1. The minimum atomic E-state index is -0.496. The highest BCUT2D eigenvalue weighted by molar-refractivity contribution is 5.94. The van der Waals surface area contributed by atoms with Gasteiger partial charge in [-0.15, -0.1) is 0 Å². The zero-order valence-electron chi connectivity index (χ0n) is 17.9. The molecular formula is C25H23N3O4. The number of nitrogens with zero attached hydrogens (tertiary/aromatic N) is 2. The lowest BCUT2D eigenvalue weighted by Crippen LogP contribution is -2.21. The van der Waals surface area contributed by atoms with Gasteiger partial charge in [-0.25, -0.2) is 4.98 Å². The average molecular weight is 429 g/mol. The van der Waals surface area contributed by atoms with Crippen molar-refractivity contribution in [1.82, 2.24) is 9.55 Å². The van der Waals surface area contributed by atoms with E-state index in [4.69, 9.17) is 15.2 Å². The molecule has 7 heteroatoms. The van der Waals surface area contributed by atoms with Gasteiger partial charge in [-0.2, -0.15) is 0 Å². The molecule has 0 aliphatic heterocycles. The molecule has 4 rings (SSSR count). The van der Waals surface area contributed by atoms with Crippen molar-refractivity contribution in [3.05, 3.63) is 88.5 Å². The summed E-state index contributed by atoms with van der Waals surface area (Å²) in [5.74, 6) is 0.974. The van der Waals surface area contributed by atoms with Crippen LogP contribution < -0.4 is 20.8 Å². The Labute approximate surface area is 185 Å². The van der Waals surface area contributed by atoms with Gasteiger partial charge >= 0.3 is 0 Å². The van der Waals surface area contributed by atoms with Crippen LogP contribution in [0.15, 0.2) is 71.8 Å². The van der Waals surface area contributed by atoms with Crippen LogP contribution in [0.5, 0.6) is 11.5 Å². The normalized spacial score (nSPS) is 10.8. The molecule has 4 aromatic rings. The topological polar surface area (TPSA) is 96.4 Å². The monoisotopic (exact) mass is 429 g/mol. The van der Waals surface area contributed by atoms with E-state index in [-0.39, 0.29) is 5.56 Å². The molecule has 32 heavy (non-hydrogen) atoms. The molecule has 0 radical (unpaired) electrons. The molecule has 0 saturated heterocycles. The summed E-state index contributed by atoms with van der Waals surface area (Å²) < 4.78 is 12.3. The van der Waals surface area contributed by atoms with E-state index < -0.39 is 5.91 Å². The number of aromatic nitrogens is 2. The maximum Gasteiger partial charge on any atom is 0.261 e. The average Bonchev–Trinajstić information content (AvgIpc) is 2.83. The third-order valence-electron chi connectivity index (χ3n) is 5.41. The number of carbonyl (C=O) groups is 1. The minimum absolute atomic E-state index is 0.134. The summed E-state index contributed by atoms with van der Waals surface area (Å²) >= 11 is 0. The lowest BCUT2D eigenvalue weighted by molar-refractivity contribution is 0.100. The fraction of sp³-hybridized carbons (Fsp3) is 0.160. The van der Waals surface area contributed by atoms with Gasteiger partial charge in [0.25, 0.3) is 5.56 Å². The first kappa shape index (κ1) is 21.1. The summed E-state index contributed by atoms with van der Waals surface area (Å²) in [6.45, 7) is 0.437. The summed E-state index contributed by atoms with van der Waals surface area (Å²) in [6, 6.07) is 18.1. The molecule has 1 amide bonds.